The quantitative estimate of drug-likeness (QED) is 0.699. The second-order valence-electron chi connectivity index (χ2n) is 1.55. The molecular formula is C4H7BrClN3O. The fraction of sp³-hybridized carbons (Fsp3) is 0.250. The maximum Gasteiger partial charge on any atom is 0.172 e. The highest BCUT2D eigenvalue weighted by atomic mass is 79.9. The van der Waals surface area contributed by atoms with Crippen molar-refractivity contribution in [2.24, 2.45) is 5.73 Å². The molecular weight excluding hydrogens is 221 g/mol. The fourth-order valence-corrected chi connectivity index (χ4v) is 0.663. The molecule has 1 aromatic heterocycles. The minimum Gasteiger partial charge on any atom is -0.411 e. The summed E-state index contributed by atoms with van der Waals surface area (Å²) in [5, 5.41) is 12.3. The molecule has 1 aromatic rings. The summed E-state index contributed by atoms with van der Waals surface area (Å²) in [4.78, 5) is 0.587. The smallest absolute Gasteiger partial charge is 0.172 e. The fourth-order valence-electron chi connectivity index (χ4n) is 0.494. The van der Waals surface area contributed by atoms with Gasteiger partial charge in [-0.3, -0.25) is 0 Å². The molecule has 0 amide bonds. The van der Waals surface area contributed by atoms with E-state index in [1.807, 2.05) is 0 Å². The lowest BCUT2D eigenvalue weighted by Crippen LogP contribution is -1.96. The van der Waals surface area contributed by atoms with Crippen molar-refractivity contribution in [3.05, 3.63) is 16.9 Å². The minimum atomic E-state index is 0. The molecule has 0 aliphatic carbocycles. The van der Waals surface area contributed by atoms with E-state index in [1.165, 1.54) is 6.20 Å². The summed E-state index contributed by atoms with van der Waals surface area (Å²) in [6.07, 6.45) is 1.42. The van der Waals surface area contributed by atoms with E-state index in [0.29, 0.717) is 17.0 Å². The van der Waals surface area contributed by atoms with Gasteiger partial charge in [-0.1, -0.05) is 16.4 Å². The third kappa shape index (κ3) is 1.62. The maximum atomic E-state index is 8.69. The first-order valence-corrected chi connectivity index (χ1v) is 2.75. The van der Waals surface area contributed by atoms with Gasteiger partial charge in [0.25, 0.3) is 0 Å². The van der Waals surface area contributed by atoms with Crippen LogP contribution in [0.5, 0.6) is 0 Å². The first kappa shape index (κ1) is 9.74. The van der Waals surface area contributed by atoms with E-state index in [9.17, 15) is 0 Å². The van der Waals surface area contributed by atoms with Crippen LogP contribution in [0, 0.1) is 0 Å². The van der Waals surface area contributed by atoms with Gasteiger partial charge >= 0.3 is 0 Å². The summed E-state index contributed by atoms with van der Waals surface area (Å²) in [7, 11) is 0. The normalized spacial score (nSPS) is 9.00. The largest absolute Gasteiger partial charge is 0.411 e. The van der Waals surface area contributed by atoms with Crippen molar-refractivity contribution in [3.63, 3.8) is 0 Å². The average molecular weight is 228 g/mol. The van der Waals surface area contributed by atoms with Crippen molar-refractivity contribution in [2.45, 2.75) is 6.54 Å². The summed E-state index contributed by atoms with van der Waals surface area (Å²) in [6.45, 7) is 0.291. The van der Waals surface area contributed by atoms with Crippen molar-refractivity contribution in [3.8, 4) is 0 Å². The van der Waals surface area contributed by atoms with Crippen molar-refractivity contribution < 1.29 is 5.21 Å². The Balaban J connectivity index is 0.000000810. The van der Waals surface area contributed by atoms with Gasteiger partial charge in [0, 0.05) is 12.1 Å². The lowest BCUT2D eigenvalue weighted by molar-refractivity contribution is 0.149. The SMILES string of the molecule is Br.NCc1cnn(O)c1Cl. The molecule has 0 radical (unpaired) electrons. The summed E-state index contributed by atoms with van der Waals surface area (Å²) < 4.78 is 0. The van der Waals surface area contributed by atoms with Crippen LogP contribution < -0.4 is 5.73 Å². The Morgan fingerprint density at radius 1 is 1.80 bits per heavy atom. The van der Waals surface area contributed by atoms with Crippen LogP contribution in [0.3, 0.4) is 0 Å². The summed E-state index contributed by atoms with van der Waals surface area (Å²) >= 11 is 5.48. The first-order chi connectivity index (χ1) is 4.25. The average Bonchev–Trinajstić information content (AvgIpc) is 2.15. The molecule has 0 fully saturated rings. The van der Waals surface area contributed by atoms with E-state index in [4.69, 9.17) is 22.5 Å². The third-order valence-electron chi connectivity index (χ3n) is 0.983. The zero-order valence-corrected chi connectivity index (χ0v) is 7.46. The van der Waals surface area contributed by atoms with Crippen LogP contribution in [0.4, 0.5) is 0 Å². The van der Waals surface area contributed by atoms with Gasteiger partial charge in [0.15, 0.2) is 5.15 Å². The van der Waals surface area contributed by atoms with Crippen LogP contribution in [0.2, 0.25) is 5.15 Å². The number of rotatable bonds is 1. The maximum absolute atomic E-state index is 8.69. The second kappa shape index (κ2) is 3.80. The molecule has 0 atom stereocenters. The van der Waals surface area contributed by atoms with Crippen LogP contribution in [-0.2, 0) is 6.54 Å². The van der Waals surface area contributed by atoms with Gasteiger partial charge in [-0.25, -0.2) is 0 Å². The molecule has 0 aliphatic rings. The van der Waals surface area contributed by atoms with Gasteiger partial charge in [0.05, 0.1) is 6.20 Å². The third-order valence-corrected chi connectivity index (χ3v) is 1.38. The lowest BCUT2D eigenvalue weighted by atomic mass is 10.4. The highest BCUT2D eigenvalue weighted by Crippen LogP contribution is 2.11. The zero-order valence-electron chi connectivity index (χ0n) is 4.99. The van der Waals surface area contributed by atoms with Gasteiger partial charge in [0.2, 0.25) is 0 Å². The molecule has 0 unspecified atom stereocenters. The number of aromatic nitrogens is 2. The number of hydrogen-bond acceptors (Lipinski definition) is 3. The zero-order chi connectivity index (χ0) is 6.85. The topological polar surface area (TPSA) is 64.1 Å². The monoisotopic (exact) mass is 227 g/mol. The molecule has 0 saturated carbocycles. The molecule has 3 N–H and O–H groups in total. The molecule has 0 aromatic carbocycles. The molecule has 1 rings (SSSR count). The molecule has 0 aliphatic heterocycles. The van der Waals surface area contributed by atoms with Crippen LogP contribution in [0.25, 0.3) is 0 Å². The van der Waals surface area contributed by atoms with E-state index < -0.39 is 0 Å². The van der Waals surface area contributed by atoms with E-state index in [-0.39, 0.29) is 22.1 Å². The van der Waals surface area contributed by atoms with E-state index in [0.717, 1.165) is 0 Å². The van der Waals surface area contributed by atoms with Gasteiger partial charge < -0.3 is 10.9 Å². The van der Waals surface area contributed by atoms with Gasteiger partial charge in [-0.15, -0.1) is 22.1 Å². The van der Waals surface area contributed by atoms with Gasteiger partial charge in [-0.05, 0) is 0 Å². The Labute approximate surface area is 73.3 Å². The number of nitrogens with zero attached hydrogens (tertiary/aromatic N) is 2. The summed E-state index contributed by atoms with van der Waals surface area (Å²) in [6, 6.07) is 0. The van der Waals surface area contributed by atoms with Gasteiger partial charge in [-0.2, -0.15) is 0 Å². The van der Waals surface area contributed by atoms with Gasteiger partial charge in [0.1, 0.15) is 0 Å². The number of halogens is 2. The minimum absolute atomic E-state index is 0. The Hall–Kier alpha value is -0.260. The van der Waals surface area contributed by atoms with E-state index in [2.05, 4.69) is 5.10 Å². The molecule has 0 spiro atoms. The number of hydrogen-bond donors (Lipinski definition) is 2. The second-order valence-corrected chi connectivity index (χ2v) is 1.91. The molecule has 10 heavy (non-hydrogen) atoms. The molecule has 58 valence electrons. The molecule has 1 heterocycles. The van der Waals surface area contributed by atoms with Crippen LogP contribution in [-0.4, -0.2) is 15.2 Å². The van der Waals surface area contributed by atoms with E-state index >= 15 is 0 Å². The Bertz CT molecular complexity index is 214. The highest BCUT2D eigenvalue weighted by Gasteiger charge is 2.03. The number of nitrogens with two attached hydrogens (primary N) is 1. The van der Waals surface area contributed by atoms with Crippen molar-refractivity contribution in [2.75, 3.05) is 0 Å². The van der Waals surface area contributed by atoms with Crippen molar-refractivity contribution in [1.82, 2.24) is 9.94 Å². The van der Waals surface area contributed by atoms with Crippen LogP contribution >= 0.6 is 28.6 Å². The lowest BCUT2D eigenvalue weighted by Gasteiger charge is -1.89. The molecule has 0 bridgehead atoms. The highest BCUT2D eigenvalue weighted by molar-refractivity contribution is 8.93. The summed E-state index contributed by atoms with van der Waals surface area (Å²) in [5.41, 5.74) is 5.85. The first-order valence-electron chi connectivity index (χ1n) is 2.37. The van der Waals surface area contributed by atoms with Crippen LogP contribution in [0.1, 0.15) is 5.56 Å². The molecule has 4 nitrogen and oxygen atoms in total. The Kier molecular flexibility index (Phi) is 3.70. The standard InChI is InChI=1S/C4H6ClN3O.BrH/c5-4-3(1-6)2-7-8(4)9;/h2,9H,1,6H2;1H. The summed E-state index contributed by atoms with van der Waals surface area (Å²) in [5.74, 6) is 0. The molecule has 6 heteroatoms. The van der Waals surface area contributed by atoms with E-state index in [1.54, 1.807) is 0 Å². The van der Waals surface area contributed by atoms with Crippen molar-refractivity contribution >= 4 is 28.6 Å². The predicted octanol–water partition coefficient (Wildman–Crippen LogP) is 0.810. The Morgan fingerprint density at radius 3 is 2.60 bits per heavy atom. The van der Waals surface area contributed by atoms with Crippen molar-refractivity contribution in [1.29, 1.82) is 0 Å². The predicted molar refractivity (Wildman–Crippen MR) is 42.6 cm³/mol. The van der Waals surface area contributed by atoms with Crippen LogP contribution in [0.15, 0.2) is 6.20 Å². The Morgan fingerprint density at radius 2 is 2.40 bits per heavy atom. The molecule has 0 saturated heterocycles.